The Morgan fingerprint density at radius 1 is 1.12 bits per heavy atom. The highest BCUT2D eigenvalue weighted by Crippen LogP contribution is 2.28. The van der Waals surface area contributed by atoms with Crippen LogP contribution in [-0.2, 0) is 0 Å². The van der Waals surface area contributed by atoms with E-state index in [0.29, 0.717) is 0 Å². The Hall–Kier alpha value is -1.48. The van der Waals surface area contributed by atoms with Gasteiger partial charge in [0.2, 0.25) is 0 Å². The van der Waals surface area contributed by atoms with Crippen LogP contribution in [0.25, 0.3) is 10.9 Å². The zero-order valence-electron chi connectivity index (χ0n) is 10.5. The molecular formula is C14H19N3. The average molecular weight is 229 g/mol. The first kappa shape index (κ1) is 10.7. The third kappa shape index (κ3) is 1.91. The molecule has 0 spiro atoms. The van der Waals surface area contributed by atoms with E-state index >= 15 is 0 Å². The van der Waals surface area contributed by atoms with Crippen molar-refractivity contribution >= 4 is 16.6 Å². The number of aromatic nitrogens is 1. The van der Waals surface area contributed by atoms with Crippen LogP contribution in [0.2, 0.25) is 0 Å². The van der Waals surface area contributed by atoms with E-state index in [2.05, 4.69) is 53.2 Å². The van der Waals surface area contributed by atoms with Crippen molar-refractivity contribution < 1.29 is 0 Å². The zero-order chi connectivity index (χ0) is 11.8. The van der Waals surface area contributed by atoms with Crippen LogP contribution in [0.15, 0.2) is 24.4 Å². The summed E-state index contributed by atoms with van der Waals surface area (Å²) in [5.74, 6) is 0. The van der Waals surface area contributed by atoms with Gasteiger partial charge in [0.05, 0.1) is 5.69 Å². The zero-order valence-corrected chi connectivity index (χ0v) is 10.5. The molecule has 1 aliphatic rings. The first-order chi connectivity index (χ1) is 8.24. The van der Waals surface area contributed by atoms with Gasteiger partial charge in [-0.15, -0.1) is 0 Å². The number of rotatable bonds is 1. The SMILES string of the molecule is Cc1ccc2[nH]cc(N3CCN(C)CC3)c2c1. The lowest BCUT2D eigenvalue weighted by molar-refractivity contribution is 0.313. The van der Waals surface area contributed by atoms with Gasteiger partial charge in [-0.3, -0.25) is 0 Å². The number of fused-ring (bicyclic) bond motifs is 1. The summed E-state index contributed by atoms with van der Waals surface area (Å²) in [5.41, 5.74) is 3.92. The number of likely N-dealkylation sites (N-methyl/N-ethyl adjacent to an activating group) is 1. The van der Waals surface area contributed by atoms with Crippen molar-refractivity contribution in [2.45, 2.75) is 6.92 Å². The van der Waals surface area contributed by atoms with E-state index in [1.54, 1.807) is 0 Å². The van der Waals surface area contributed by atoms with Crippen LogP contribution in [0.4, 0.5) is 5.69 Å². The van der Waals surface area contributed by atoms with E-state index < -0.39 is 0 Å². The highest BCUT2D eigenvalue weighted by molar-refractivity contribution is 5.93. The fraction of sp³-hybridized carbons (Fsp3) is 0.429. The molecule has 1 fully saturated rings. The van der Waals surface area contributed by atoms with E-state index in [4.69, 9.17) is 0 Å². The maximum Gasteiger partial charge on any atom is 0.0624 e. The molecule has 17 heavy (non-hydrogen) atoms. The average Bonchev–Trinajstić information content (AvgIpc) is 2.73. The minimum atomic E-state index is 1.12. The highest BCUT2D eigenvalue weighted by atomic mass is 15.2. The van der Waals surface area contributed by atoms with Crippen LogP contribution in [0.5, 0.6) is 0 Å². The van der Waals surface area contributed by atoms with Crippen LogP contribution in [0.3, 0.4) is 0 Å². The van der Waals surface area contributed by atoms with Crippen molar-refractivity contribution in [1.29, 1.82) is 0 Å². The quantitative estimate of drug-likeness (QED) is 0.810. The van der Waals surface area contributed by atoms with Crippen LogP contribution in [-0.4, -0.2) is 43.1 Å². The van der Waals surface area contributed by atoms with Gasteiger partial charge in [0, 0.05) is 43.3 Å². The van der Waals surface area contributed by atoms with Crippen molar-refractivity contribution in [3.8, 4) is 0 Å². The number of aryl methyl sites for hydroxylation is 1. The van der Waals surface area contributed by atoms with E-state index in [1.807, 2.05) is 0 Å². The van der Waals surface area contributed by atoms with E-state index in [-0.39, 0.29) is 0 Å². The third-order valence-electron chi connectivity index (χ3n) is 3.66. The molecule has 90 valence electrons. The first-order valence-electron chi connectivity index (χ1n) is 6.25. The van der Waals surface area contributed by atoms with Crippen LogP contribution in [0, 0.1) is 6.92 Å². The Labute approximate surface area is 102 Å². The van der Waals surface area contributed by atoms with Crippen molar-refractivity contribution in [1.82, 2.24) is 9.88 Å². The molecule has 1 aliphatic heterocycles. The molecule has 3 rings (SSSR count). The fourth-order valence-electron chi connectivity index (χ4n) is 2.53. The molecule has 1 N–H and O–H groups in total. The van der Waals surface area contributed by atoms with Gasteiger partial charge >= 0.3 is 0 Å². The number of hydrogen-bond acceptors (Lipinski definition) is 2. The molecule has 0 aliphatic carbocycles. The number of piperazine rings is 1. The predicted octanol–water partition coefficient (Wildman–Crippen LogP) is 2.23. The lowest BCUT2D eigenvalue weighted by Crippen LogP contribution is -2.44. The van der Waals surface area contributed by atoms with Gasteiger partial charge in [-0.05, 0) is 26.1 Å². The van der Waals surface area contributed by atoms with Crippen molar-refractivity contribution in [3.63, 3.8) is 0 Å². The summed E-state index contributed by atoms with van der Waals surface area (Å²) in [6, 6.07) is 6.61. The van der Waals surface area contributed by atoms with E-state index in [1.165, 1.54) is 22.2 Å². The molecule has 1 aromatic heterocycles. The van der Waals surface area contributed by atoms with Gasteiger partial charge in [0.25, 0.3) is 0 Å². The van der Waals surface area contributed by atoms with Crippen LogP contribution >= 0.6 is 0 Å². The summed E-state index contributed by atoms with van der Waals surface area (Å²) in [7, 11) is 2.19. The van der Waals surface area contributed by atoms with Crippen molar-refractivity contribution in [3.05, 3.63) is 30.0 Å². The largest absolute Gasteiger partial charge is 0.367 e. The topological polar surface area (TPSA) is 22.3 Å². The molecule has 0 radical (unpaired) electrons. The summed E-state index contributed by atoms with van der Waals surface area (Å²) in [4.78, 5) is 8.24. The number of anilines is 1. The van der Waals surface area contributed by atoms with E-state index in [9.17, 15) is 0 Å². The molecule has 1 saturated heterocycles. The van der Waals surface area contributed by atoms with Gasteiger partial charge in [-0.25, -0.2) is 0 Å². The molecule has 2 aromatic rings. The van der Waals surface area contributed by atoms with Gasteiger partial charge in [-0.2, -0.15) is 0 Å². The summed E-state index contributed by atoms with van der Waals surface area (Å²) in [6.07, 6.45) is 2.15. The number of benzene rings is 1. The Bertz CT molecular complexity index is 521. The van der Waals surface area contributed by atoms with Crippen molar-refractivity contribution in [2.24, 2.45) is 0 Å². The molecule has 0 bridgehead atoms. The minimum absolute atomic E-state index is 1.12. The summed E-state index contributed by atoms with van der Waals surface area (Å²) in [5, 5.41) is 1.36. The maximum absolute atomic E-state index is 3.37. The number of nitrogens with one attached hydrogen (secondary N) is 1. The van der Waals surface area contributed by atoms with Crippen LogP contribution in [0.1, 0.15) is 5.56 Å². The monoisotopic (exact) mass is 229 g/mol. The number of hydrogen-bond donors (Lipinski definition) is 1. The summed E-state index contributed by atoms with van der Waals surface area (Å²) in [6.45, 7) is 6.70. The molecular weight excluding hydrogens is 210 g/mol. The Balaban J connectivity index is 1.97. The second-order valence-corrected chi connectivity index (χ2v) is 5.01. The highest BCUT2D eigenvalue weighted by Gasteiger charge is 2.16. The predicted molar refractivity (Wildman–Crippen MR) is 72.7 cm³/mol. The Morgan fingerprint density at radius 3 is 2.65 bits per heavy atom. The van der Waals surface area contributed by atoms with Crippen LogP contribution < -0.4 is 4.90 Å². The number of nitrogens with zero attached hydrogens (tertiary/aromatic N) is 2. The van der Waals surface area contributed by atoms with Gasteiger partial charge in [0.1, 0.15) is 0 Å². The van der Waals surface area contributed by atoms with Gasteiger partial charge in [-0.1, -0.05) is 11.6 Å². The smallest absolute Gasteiger partial charge is 0.0624 e. The number of aromatic amines is 1. The fourth-order valence-corrected chi connectivity index (χ4v) is 2.53. The first-order valence-corrected chi connectivity index (χ1v) is 6.25. The summed E-state index contributed by atoms with van der Waals surface area (Å²) < 4.78 is 0. The molecule has 3 heteroatoms. The minimum Gasteiger partial charge on any atom is -0.367 e. The second-order valence-electron chi connectivity index (χ2n) is 5.01. The van der Waals surface area contributed by atoms with E-state index in [0.717, 1.165) is 26.2 Å². The Morgan fingerprint density at radius 2 is 1.88 bits per heavy atom. The molecule has 2 heterocycles. The molecule has 0 amide bonds. The second kappa shape index (κ2) is 4.08. The maximum atomic E-state index is 3.37. The van der Waals surface area contributed by atoms with Crippen molar-refractivity contribution in [2.75, 3.05) is 38.1 Å². The van der Waals surface area contributed by atoms with Gasteiger partial charge in [0.15, 0.2) is 0 Å². The lowest BCUT2D eigenvalue weighted by atomic mass is 10.1. The number of H-pyrrole nitrogens is 1. The third-order valence-corrected chi connectivity index (χ3v) is 3.66. The molecule has 0 saturated carbocycles. The normalized spacial score (nSPS) is 17.9. The standard InChI is InChI=1S/C14H19N3/c1-11-3-4-13-12(9-11)14(10-15-13)17-7-5-16(2)6-8-17/h3-4,9-10,15H,5-8H2,1-2H3. The molecule has 0 atom stereocenters. The summed E-state index contributed by atoms with van der Waals surface area (Å²) >= 11 is 0. The molecule has 1 aromatic carbocycles. The lowest BCUT2D eigenvalue weighted by Gasteiger charge is -2.33. The molecule has 3 nitrogen and oxygen atoms in total. The molecule has 0 unspecified atom stereocenters. The Kier molecular flexibility index (Phi) is 2.56. The van der Waals surface area contributed by atoms with Gasteiger partial charge < -0.3 is 14.8 Å².